The number of amides is 1. The monoisotopic (exact) mass is 430 g/mol. The van der Waals surface area contributed by atoms with Crippen LogP contribution in [0.25, 0.3) is 11.0 Å². The Labute approximate surface area is 183 Å². The first-order valence-corrected chi connectivity index (χ1v) is 12.3. The molecule has 0 bridgehead atoms. The van der Waals surface area contributed by atoms with Crippen LogP contribution in [0.3, 0.4) is 0 Å². The van der Waals surface area contributed by atoms with Gasteiger partial charge in [-0.1, -0.05) is 37.5 Å². The first-order chi connectivity index (χ1) is 14.5. The highest BCUT2D eigenvalue weighted by Crippen LogP contribution is 2.35. The lowest BCUT2D eigenvalue weighted by molar-refractivity contribution is -0.00929. The molecule has 1 aromatic heterocycles. The minimum Gasteiger partial charge on any atom is -0.451 e. The second-order valence-corrected chi connectivity index (χ2v) is 10.4. The number of furan rings is 1. The fourth-order valence-corrected chi connectivity index (χ4v) is 5.87. The number of carbonyl (C=O) groups excluding carboxylic acids is 1. The molecule has 1 aliphatic heterocycles. The summed E-state index contributed by atoms with van der Waals surface area (Å²) in [7, 11) is 0. The molecule has 1 aromatic carbocycles. The molecule has 1 saturated heterocycles. The Kier molecular flexibility index (Phi) is 7.06. The lowest BCUT2D eigenvalue weighted by Gasteiger charge is -2.40. The topological polar surface area (TPSA) is 54.7 Å². The van der Waals surface area contributed by atoms with Crippen LogP contribution in [0, 0.1) is 0 Å². The molecule has 2 fully saturated rings. The molecular formula is C24H34N2O3S. The Morgan fingerprint density at radius 2 is 1.90 bits per heavy atom. The van der Waals surface area contributed by atoms with E-state index in [1.54, 1.807) is 0 Å². The van der Waals surface area contributed by atoms with Gasteiger partial charge < -0.3 is 14.5 Å². The van der Waals surface area contributed by atoms with Gasteiger partial charge in [-0.15, -0.1) is 0 Å². The Balaban J connectivity index is 1.47. The number of morpholine rings is 1. The van der Waals surface area contributed by atoms with Crippen molar-refractivity contribution in [3.63, 3.8) is 0 Å². The van der Waals surface area contributed by atoms with Gasteiger partial charge in [-0.25, -0.2) is 0 Å². The lowest BCUT2D eigenvalue weighted by atomic mass is 10.0. The predicted molar refractivity (Wildman–Crippen MR) is 123 cm³/mol. The van der Waals surface area contributed by atoms with Gasteiger partial charge in [-0.2, -0.15) is 11.8 Å². The van der Waals surface area contributed by atoms with Gasteiger partial charge in [0.1, 0.15) is 5.58 Å². The van der Waals surface area contributed by atoms with Crippen LogP contribution in [0.15, 0.2) is 28.7 Å². The molecule has 1 aliphatic carbocycles. The molecule has 2 aliphatic rings. The van der Waals surface area contributed by atoms with Gasteiger partial charge in [0.15, 0.2) is 5.76 Å². The van der Waals surface area contributed by atoms with E-state index in [2.05, 4.69) is 30.1 Å². The average molecular weight is 431 g/mol. The lowest BCUT2D eigenvalue weighted by Crippen LogP contribution is -2.55. The number of ether oxygens (including phenoxy) is 1. The first kappa shape index (κ1) is 21.7. The quantitative estimate of drug-likeness (QED) is 0.681. The molecule has 0 atom stereocenters. The maximum absolute atomic E-state index is 13.2. The van der Waals surface area contributed by atoms with Gasteiger partial charge in [0.2, 0.25) is 0 Å². The van der Waals surface area contributed by atoms with Crippen LogP contribution in [0.4, 0.5) is 0 Å². The summed E-state index contributed by atoms with van der Waals surface area (Å²) in [6, 6.07) is 8.02. The number of hydrogen-bond acceptors (Lipinski definition) is 5. The van der Waals surface area contributed by atoms with Crippen molar-refractivity contribution in [3.05, 3.63) is 35.6 Å². The fraction of sp³-hybridized carbons (Fsp3) is 0.625. The zero-order chi connectivity index (χ0) is 21.0. The summed E-state index contributed by atoms with van der Waals surface area (Å²) in [6.45, 7) is 8.24. The Bertz CT molecular complexity index is 851. The van der Waals surface area contributed by atoms with E-state index in [0.717, 1.165) is 48.6 Å². The molecule has 0 unspecified atom stereocenters. The van der Waals surface area contributed by atoms with Crippen LogP contribution >= 0.6 is 11.8 Å². The number of benzene rings is 1. The van der Waals surface area contributed by atoms with Crippen molar-refractivity contribution in [1.29, 1.82) is 0 Å². The first-order valence-electron chi connectivity index (χ1n) is 11.3. The molecule has 164 valence electrons. The number of nitrogens with one attached hydrogen (secondary N) is 1. The SMILES string of the molecule is CC(C)(CNC(=O)c1oc2ccccc2c1CSC1CCCCC1)N1CCOCC1. The van der Waals surface area contributed by atoms with Gasteiger partial charge >= 0.3 is 0 Å². The molecule has 1 saturated carbocycles. The zero-order valence-electron chi connectivity index (χ0n) is 18.2. The Hall–Kier alpha value is -1.50. The van der Waals surface area contributed by atoms with Crippen molar-refractivity contribution in [2.24, 2.45) is 0 Å². The number of nitrogens with zero attached hydrogens (tertiary/aromatic N) is 1. The molecule has 4 rings (SSSR count). The second kappa shape index (κ2) is 9.75. The van der Waals surface area contributed by atoms with Crippen molar-refractivity contribution < 1.29 is 13.9 Å². The van der Waals surface area contributed by atoms with E-state index in [9.17, 15) is 4.79 Å². The third kappa shape index (κ3) is 5.04. The van der Waals surface area contributed by atoms with E-state index >= 15 is 0 Å². The Morgan fingerprint density at radius 3 is 2.67 bits per heavy atom. The van der Waals surface area contributed by atoms with Gasteiger partial charge in [-0.3, -0.25) is 9.69 Å². The number of rotatable bonds is 7. The van der Waals surface area contributed by atoms with E-state index in [1.165, 1.54) is 32.1 Å². The van der Waals surface area contributed by atoms with Crippen molar-refractivity contribution in [2.75, 3.05) is 32.8 Å². The van der Waals surface area contributed by atoms with E-state index < -0.39 is 0 Å². The van der Waals surface area contributed by atoms with Gasteiger partial charge in [0.05, 0.1) is 13.2 Å². The van der Waals surface area contributed by atoms with Crippen LogP contribution < -0.4 is 5.32 Å². The highest BCUT2D eigenvalue weighted by atomic mass is 32.2. The maximum Gasteiger partial charge on any atom is 0.287 e. The third-order valence-electron chi connectivity index (χ3n) is 6.47. The standard InChI is InChI=1S/C24H34N2O3S/c1-24(2,26-12-14-28-15-13-26)17-25-23(27)22-20(16-30-18-8-4-3-5-9-18)19-10-6-7-11-21(19)29-22/h6-7,10-11,18H,3-5,8-9,12-17H2,1-2H3,(H,25,27). The number of thioether (sulfide) groups is 1. The summed E-state index contributed by atoms with van der Waals surface area (Å²) in [5.41, 5.74) is 1.72. The minimum absolute atomic E-state index is 0.105. The number of hydrogen-bond donors (Lipinski definition) is 1. The normalized spacial score (nSPS) is 19.3. The van der Waals surface area contributed by atoms with Crippen molar-refractivity contribution in [2.45, 2.75) is 62.5 Å². The van der Waals surface area contributed by atoms with E-state index in [4.69, 9.17) is 9.15 Å². The fourth-order valence-electron chi connectivity index (χ4n) is 4.52. The summed E-state index contributed by atoms with van der Waals surface area (Å²) >= 11 is 1.99. The molecule has 0 radical (unpaired) electrons. The molecular weight excluding hydrogens is 396 g/mol. The number of carbonyl (C=O) groups is 1. The summed E-state index contributed by atoms with van der Waals surface area (Å²) in [5, 5.41) is 4.92. The Morgan fingerprint density at radius 1 is 1.17 bits per heavy atom. The van der Waals surface area contributed by atoms with Gasteiger partial charge in [0.25, 0.3) is 5.91 Å². The minimum atomic E-state index is -0.123. The van der Waals surface area contributed by atoms with Crippen molar-refractivity contribution >= 4 is 28.6 Å². The van der Waals surface area contributed by atoms with Crippen LogP contribution in [0.2, 0.25) is 0 Å². The van der Waals surface area contributed by atoms with Crippen LogP contribution in [-0.4, -0.2) is 54.4 Å². The summed E-state index contributed by atoms with van der Waals surface area (Å²) in [5.74, 6) is 1.21. The average Bonchev–Trinajstić information content (AvgIpc) is 3.16. The molecule has 1 amide bonds. The largest absolute Gasteiger partial charge is 0.451 e. The van der Waals surface area contributed by atoms with E-state index in [0.29, 0.717) is 17.6 Å². The highest BCUT2D eigenvalue weighted by Gasteiger charge is 2.30. The van der Waals surface area contributed by atoms with Crippen molar-refractivity contribution in [3.8, 4) is 0 Å². The van der Waals surface area contributed by atoms with Crippen LogP contribution in [-0.2, 0) is 10.5 Å². The second-order valence-electron chi connectivity index (χ2n) is 9.07. The molecule has 2 heterocycles. The zero-order valence-corrected chi connectivity index (χ0v) is 19.1. The number of fused-ring (bicyclic) bond motifs is 1. The summed E-state index contributed by atoms with van der Waals surface area (Å²) in [6.07, 6.45) is 6.59. The summed E-state index contributed by atoms with van der Waals surface area (Å²) in [4.78, 5) is 15.5. The van der Waals surface area contributed by atoms with Crippen LogP contribution in [0.1, 0.15) is 62.1 Å². The van der Waals surface area contributed by atoms with E-state index in [1.807, 2.05) is 30.0 Å². The van der Waals surface area contributed by atoms with Crippen molar-refractivity contribution in [1.82, 2.24) is 10.2 Å². The molecule has 1 N–H and O–H groups in total. The predicted octanol–water partition coefficient (Wildman–Crippen LogP) is 4.84. The molecule has 6 heteroatoms. The smallest absolute Gasteiger partial charge is 0.287 e. The molecule has 5 nitrogen and oxygen atoms in total. The van der Waals surface area contributed by atoms with Gasteiger partial charge in [0, 0.05) is 47.1 Å². The molecule has 2 aromatic rings. The highest BCUT2D eigenvalue weighted by molar-refractivity contribution is 7.99. The maximum atomic E-state index is 13.2. The third-order valence-corrected chi connectivity index (χ3v) is 7.87. The van der Waals surface area contributed by atoms with E-state index in [-0.39, 0.29) is 11.4 Å². The number of para-hydroxylation sites is 1. The van der Waals surface area contributed by atoms with Gasteiger partial charge in [-0.05, 0) is 32.8 Å². The summed E-state index contributed by atoms with van der Waals surface area (Å²) < 4.78 is 11.5. The van der Waals surface area contributed by atoms with Crippen LogP contribution in [0.5, 0.6) is 0 Å². The molecule has 0 spiro atoms. The molecule has 30 heavy (non-hydrogen) atoms.